The maximum Gasteiger partial charge on any atom is 0.259 e. The van der Waals surface area contributed by atoms with Gasteiger partial charge in [-0.25, -0.2) is 0 Å². The highest BCUT2D eigenvalue weighted by atomic mass is 32.2. The monoisotopic (exact) mass is 324 g/mol. The van der Waals surface area contributed by atoms with Crippen LogP contribution in [0.4, 0.5) is 0 Å². The van der Waals surface area contributed by atoms with Crippen molar-refractivity contribution in [2.24, 2.45) is 4.99 Å². The Morgan fingerprint density at radius 3 is 2.65 bits per heavy atom. The molecule has 0 spiro atoms. The Morgan fingerprint density at radius 2 is 1.91 bits per heavy atom. The van der Waals surface area contributed by atoms with Crippen molar-refractivity contribution in [3.05, 3.63) is 70.8 Å². The van der Waals surface area contributed by atoms with Crippen LogP contribution in [0.2, 0.25) is 0 Å². The van der Waals surface area contributed by atoms with E-state index in [0.29, 0.717) is 13.1 Å². The molecule has 118 valence electrons. The van der Waals surface area contributed by atoms with Crippen LogP contribution in [0.5, 0.6) is 0 Å². The first-order chi connectivity index (χ1) is 11.1. The highest BCUT2D eigenvalue weighted by Gasteiger charge is 2.25. The number of hydrogen-bond donors (Lipinski definition) is 0. The minimum atomic E-state index is 0.0462. The van der Waals surface area contributed by atoms with E-state index in [1.165, 1.54) is 11.1 Å². The number of amidine groups is 1. The summed E-state index contributed by atoms with van der Waals surface area (Å²) in [6.07, 6.45) is 0. The summed E-state index contributed by atoms with van der Waals surface area (Å²) in [5.41, 5.74) is 4.33. The maximum atomic E-state index is 12.8. The zero-order valence-electron chi connectivity index (χ0n) is 13.5. The minimum absolute atomic E-state index is 0.0462. The number of aliphatic imine (C=N–C) groups is 1. The van der Waals surface area contributed by atoms with E-state index in [-0.39, 0.29) is 5.91 Å². The third-order valence-corrected chi connectivity index (χ3v) is 5.10. The van der Waals surface area contributed by atoms with Crippen LogP contribution < -0.4 is 0 Å². The second-order valence-corrected chi connectivity index (χ2v) is 6.64. The van der Waals surface area contributed by atoms with Crippen LogP contribution in [0, 0.1) is 13.8 Å². The third kappa shape index (κ3) is 3.64. The van der Waals surface area contributed by atoms with Crippen LogP contribution in [0.1, 0.15) is 27.0 Å². The molecule has 23 heavy (non-hydrogen) atoms. The van der Waals surface area contributed by atoms with Gasteiger partial charge in [-0.3, -0.25) is 14.7 Å². The van der Waals surface area contributed by atoms with E-state index in [0.717, 1.165) is 22.0 Å². The minimum Gasteiger partial charge on any atom is -0.286 e. The molecule has 0 bridgehead atoms. The van der Waals surface area contributed by atoms with Crippen LogP contribution in [0.15, 0.2) is 53.5 Å². The lowest BCUT2D eigenvalue weighted by Crippen LogP contribution is -2.32. The van der Waals surface area contributed by atoms with Gasteiger partial charge in [0.1, 0.15) is 0 Å². The van der Waals surface area contributed by atoms with Crippen LogP contribution >= 0.6 is 11.8 Å². The first kappa shape index (κ1) is 15.8. The zero-order valence-corrected chi connectivity index (χ0v) is 14.3. The largest absolute Gasteiger partial charge is 0.286 e. The third-order valence-electron chi connectivity index (χ3n) is 4.01. The van der Waals surface area contributed by atoms with E-state index in [9.17, 15) is 4.79 Å². The SMILES string of the molecule is Cc1ccc(C(=O)N2CCN=C2SCc2ccccc2)cc1C. The summed E-state index contributed by atoms with van der Waals surface area (Å²) < 4.78 is 0. The average molecular weight is 324 g/mol. The van der Waals surface area contributed by atoms with Crippen molar-refractivity contribution < 1.29 is 4.79 Å². The second-order valence-electron chi connectivity index (χ2n) is 5.69. The van der Waals surface area contributed by atoms with Gasteiger partial charge in [-0.05, 0) is 42.7 Å². The molecule has 0 fully saturated rings. The van der Waals surface area contributed by atoms with Crippen molar-refractivity contribution in [2.75, 3.05) is 13.1 Å². The van der Waals surface area contributed by atoms with Gasteiger partial charge in [-0.15, -0.1) is 0 Å². The predicted molar refractivity (Wildman–Crippen MR) is 97.0 cm³/mol. The zero-order chi connectivity index (χ0) is 16.2. The van der Waals surface area contributed by atoms with Gasteiger partial charge in [-0.1, -0.05) is 48.2 Å². The van der Waals surface area contributed by atoms with Crippen LogP contribution in [0.3, 0.4) is 0 Å². The summed E-state index contributed by atoms with van der Waals surface area (Å²) in [5, 5.41) is 0.831. The van der Waals surface area contributed by atoms with Gasteiger partial charge in [-0.2, -0.15) is 0 Å². The molecule has 0 saturated heterocycles. The van der Waals surface area contributed by atoms with Gasteiger partial charge in [0.2, 0.25) is 0 Å². The normalized spacial score (nSPS) is 14.0. The van der Waals surface area contributed by atoms with Crippen molar-refractivity contribution >= 4 is 22.8 Å². The van der Waals surface area contributed by atoms with Crippen molar-refractivity contribution in [1.29, 1.82) is 0 Å². The lowest BCUT2D eigenvalue weighted by Gasteiger charge is -2.18. The fourth-order valence-corrected chi connectivity index (χ4v) is 3.49. The van der Waals surface area contributed by atoms with Crippen molar-refractivity contribution in [3.8, 4) is 0 Å². The Bertz CT molecular complexity index is 740. The summed E-state index contributed by atoms with van der Waals surface area (Å²) in [7, 11) is 0. The molecule has 0 aliphatic carbocycles. The number of rotatable bonds is 3. The Morgan fingerprint density at radius 1 is 1.13 bits per heavy atom. The Hall–Kier alpha value is -2.07. The molecule has 0 aromatic heterocycles. The topological polar surface area (TPSA) is 32.7 Å². The maximum absolute atomic E-state index is 12.8. The first-order valence-electron chi connectivity index (χ1n) is 7.75. The van der Waals surface area contributed by atoms with Crippen LogP contribution in [-0.4, -0.2) is 29.1 Å². The van der Waals surface area contributed by atoms with Gasteiger partial charge in [0.25, 0.3) is 5.91 Å². The fourth-order valence-electron chi connectivity index (χ4n) is 2.49. The summed E-state index contributed by atoms with van der Waals surface area (Å²) in [6, 6.07) is 16.1. The molecule has 1 aliphatic rings. The van der Waals surface area contributed by atoms with Crippen molar-refractivity contribution in [3.63, 3.8) is 0 Å². The van der Waals surface area contributed by atoms with Crippen LogP contribution in [-0.2, 0) is 5.75 Å². The van der Waals surface area contributed by atoms with Gasteiger partial charge in [0.15, 0.2) is 5.17 Å². The van der Waals surface area contributed by atoms with Gasteiger partial charge < -0.3 is 0 Å². The molecule has 4 heteroatoms. The summed E-state index contributed by atoms with van der Waals surface area (Å²) in [6.45, 7) is 5.45. The van der Waals surface area contributed by atoms with Crippen molar-refractivity contribution in [1.82, 2.24) is 4.90 Å². The fraction of sp³-hybridized carbons (Fsp3) is 0.263. The lowest BCUT2D eigenvalue weighted by atomic mass is 10.1. The van der Waals surface area contributed by atoms with E-state index in [2.05, 4.69) is 24.0 Å². The Balaban J connectivity index is 1.70. The highest BCUT2D eigenvalue weighted by Crippen LogP contribution is 2.22. The number of benzene rings is 2. The quantitative estimate of drug-likeness (QED) is 0.853. The molecule has 0 unspecified atom stereocenters. The number of thioether (sulfide) groups is 1. The average Bonchev–Trinajstić information content (AvgIpc) is 3.04. The molecule has 1 aliphatic heterocycles. The van der Waals surface area contributed by atoms with Gasteiger partial charge in [0, 0.05) is 17.9 Å². The molecule has 1 amide bonds. The lowest BCUT2D eigenvalue weighted by molar-refractivity contribution is 0.0860. The Kier molecular flexibility index (Phi) is 4.82. The number of aryl methyl sites for hydroxylation is 2. The molecule has 0 radical (unpaired) electrons. The molecular weight excluding hydrogens is 304 g/mol. The molecule has 3 rings (SSSR count). The van der Waals surface area contributed by atoms with Gasteiger partial charge in [0.05, 0.1) is 6.54 Å². The number of carbonyl (C=O) groups excluding carboxylic acids is 1. The molecule has 2 aromatic rings. The second kappa shape index (κ2) is 7.01. The van der Waals surface area contributed by atoms with E-state index >= 15 is 0 Å². The summed E-state index contributed by atoms with van der Waals surface area (Å²) in [4.78, 5) is 19.1. The molecule has 0 N–H and O–H groups in total. The molecule has 3 nitrogen and oxygen atoms in total. The first-order valence-corrected chi connectivity index (χ1v) is 8.74. The van der Waals surface area contributed by atoms with E-state index in [4.69, 9.17) is 0 Å². The molecule has 0 saturated carbocycles. The molecule has 2 aromatic carbocycles. The number of amides is 1. The number of hydrogen-bond acceptors (Lipinski definition) is 3. The highest BCUT2D eigenvalue weighted by molar-refractivity contribution is 8.13. The summed E-state index contributed by atoms with van der Waals surface area (Å²) in [5.74, 6) is 0.876. The number of nitrogens with zero attached hydrogens (tertiary/aromatic N) is 2. The van der Waals surface area contributed by atoms with Crippen LogP contribution in [0.25, 0.3) is 0 Å². The van der Waals surface area contributed by atoms with E-state index < -0.39 is 0 Å². The molecular formula is C19H20N2OS. The van der Waals surface area contributed by atoms with Crippen molar-refractivity contribution in [2.45, 2.75) is 19.6 Å². The molecule has 1 heterocycles. The molecule has 0 atom stereocenters. The Labute approximate surface area is 141 Å². The van der Waals surface area contributed by atoms with E-state index in [1.54, 1.807) is 16.7 Å². The standard InChI is InChI=1S/C19H20N2OS/c1-14-8-9-17(12-15(14)2)18(22)21-11-10-20-19(21)23-13-16-6-4-3-5-7-16/h3-9,12H,10-11,13H2,1-2H3. The predicted octanol–water partition coefficient (Wildman–Crippen LogP) is 4.05. The summed E-state index contributed by atoms with van der Waals surface area (Å²) >= 11 is 1.63. The number of carbonyl (C=O) groups is 1. The smallest absolute Gasteiger partial charge is 0.259 e. The van der Waals surface area contributed by atoms with E-state index in [1.807, 2.05) is 43.3 Å². The van der Waals surface area contributed by atoms with Gasteiger partial charge >= 0.3 is 0 Å².